The van der Waals surface area contributed by atoms with Crippen molar-refractivity contribution in [1.29, 1.82) is 0 Å². The number of carbonyl (C=O) groups is 2. The number of nitrogens with one attached hydrogen (secondary N) is 1. The van der Waals surface area contributed by atoms with Crippen LogP contribution in [-0.4, -0.2) is 23.5 Å². The van der Waals surface area contributed by atoms with E-state index in [1.807, 2.05) is 31.2 Å². The van der Waals surface area contributed by atoms with Crippen molar-refractivity contribution in [1.82, 2.24) is 5.32 Å². The highest BCUT2D eigenvalue weighted by molar-refractivity contribution is 5.91. The predicted molar refractivity (Wildman–Crippen MR) is 74.7 cm³/mol. The minimum atomic E-state index is -0.800. The number of hydrogen-bond acceptors (Lipinski definition) is 2. The Bertz CT molecular complexity index is 449. The van der Waals surface area contributed by atoms with Crippen molar-refractivity contribution >= 4 is 18.0 Å². The van der Waals surface area contributed by atoms with E-state index >= 15 is 0 Å². The molecule has 0 fully saturated rings. The molecule has 0 unspecified atom stereocenters. The van der Waals surface area contributed by atoms with E-state index in [0.717, 1.165) is 5.56 Å². The third kappa shape index (κ3) is 7.03. The highest BCUT2D eigenvalue weighted by Gasteiger charge is 1.98. The normalized spacial score (nSPS) is 10.6. The number of carbonyl (C=O) groups excluding carboxylic acids is 1. The van der Waals surface area contributed by atoms with E-state index in [9.17, 15) is 9.59 Å². The molecule has 0 saturated heterocycles. The van der Waals surface area contributed by atoms with Crippen molar-refractivity contribution in [2.24, 2.45) is 0 Å². The average molecular weight is 261 g/mol. The van der Waals surface area contributed by atoms with Gasteiger partial charge in [-0.3, -0.25) is 9.59 Å². The maximum absolute atomic E-state index is 11.5. The molecule has 0 radical (unpaired) electrons. The Labute approximate surface area is 113 Å². The largest absolute Gasteiger partial charge is 0.481 e. The number of rotatable bonds is 7. The van der Waals surface area contributed by atoms with E-state index in [2.05, 4.69) is 5.32 Å². The standard InChI is InChI=1S/C15H19NO3/c1-12-5-7-13(8-6-12)9-10-14(17)16-11-3-2-4-15(18)19/h5-10H,2-4,11H2,1H3,(H,16,17)(H,18,19). The van der Waals surface area contributed by atoms with Crippen LogP contribution in [0.3, 0.4) is 0 Å². The fourth-order valence-corrected chi connectivity index (χ4v) is 1.52. The zero-order valence-corrected chi connectivity index (χ0v) is 11.1. The van der Waals surface area contributed by atoms with Crippen LogP contribution >= 0.6 is 0 Å². The van der Waals surface area contributed by atoms with E-state index in [4.69, 9.17) is 5.11 Å². The van der Waals surface area contributed by atoms with Crippen molar-refractivity contribution in [3.8, 4) is 0 Å². The first-order chi connectivity index (χ1) is 9.08. The lowest BCUT2D eigenvalue weighted by Crippen LogP contribution is -2.22. The van der Waals surface area contributed by atoms with Gasteiger partial charge in [0.1, 0.15) is 0 Å². The lowest BCUT2D eigenvalue weighted by Gasteiger charge is -2.00. The minimum Gasteiger partial charge on any atom is -0.481 e. The van der Waals surface area contributed by atoms with E-state index in [0.29, 0.717) is 19.4 Å². The minimum absolute atomic E-state index is 0.148. The molecule has 0 aliphatic heterocycles. The molecule has 1 rings (SSSR count). The molecule has 4 nitrogen and oxygen atoms in total. The second-order valence-corrected chi connectivity index (χ2v) is 4.39. The van der Waals surface area contributed by atoms with E-state index < -0.39 is 5.97 Å². The Hall–Kier alpha value is -2.10. The highest BCUT2D eigenvalue weighted by Crippen LogP contribution is 2.04. The average Bonchev–Trinajstić information content (AvgIpc) is 2.37. The monoisotopic (exact) mass is 261 g/mol. The molecule has 0 atom stereocenters. The second-order valence-electron chi connectivity index (χ2n) is 4.39. The van der Waals surface area contributed by atoms with Crippen molar-refractivity contribution in [3.05, 3.63) is 41.5 Å². The second kappa shape index (κ2) is 8.08. The van der Waals surface area contributed by atoms with Gasteiger partial charge in [-0.05, 0) is 31.4 Å². The number of hydrogen-bond donors (Lipinski definition) is 2. The molecule has 1 aromatic carbocycles. The van der Waals surface area contributed by atoms with Crippen LogP contribution in [0.1, 0.15) is 30.4 Å². The molecular formula is C15H19NO3. The van der Waals surface area contributed by atoms with Crippen molar-refractivity contribution in [2.75, 3.05) is 6.54 Å². The first-order valence-corrected chi connectivity index (χ1v) is 6.32. The zero-order valence-electron chi connectivity index (χ0n) is 11.1. The van der Waals surface area contributed by atoms with Crippen LogP contribution in [0.2, 0.25) is 0 Å². The number of carboxylic acid groups (broad SMARTS) is 1. The Morgan fingerprint density at radius 2 is 1.89 bits per heavy atom. The fourth-order valence-electron chi connectivity index (χ4n) is 1.52. The van der Waals surface area contributed by atoms with Gasteiger partial charge in [-0.2, -0.15) is 0 Å². The Kier molecular flexibility index (Phi) is 6.36. The van der Waals surface area contributed by atoms with Gasteiger partial charge in [0.05, 0.1) is 0 Å². The molecule has 0 heterocycles. The number of carboxylic acids is 1. The molecule has 0 spiro atoms. The number of amides is 1. The third-order valence-electron chi connectivity index (χ3n) is 2.62. The summed E-state index contributed by atoms with van der Waals surface area (Å²) in [4.78, 5) is 21.7. The summed E-state index contributed by atoms with van der Waals surface area (Å²) < 4.78 is 0. The first-order valence-electron chi connectivity index (χ1n) is 6.32. The molecule has 1 aromatic rings. The maximum atomic E-state index is 11.5. The van der Waals surface area contributed by atoms with E-state index in [-0.39, 0.29) is 12.3 Å². The molecular weight excluding hydrogens is 242 g/mol. The van der Waals surface area contributed by atoms with Gasteiger partial charge in [-0.1, -0.05) is 29.8 Å². The topological polar surface area (TPSA) is 66.4 Å². The van der Waals surface area contributed by atoms with Crippen LogP contribution in [0.15, 0.2) is 30.3 Å². The zero-order chi connectivity index (χ0) is 14.1. The lowest BCUT2D eigenvalue weighted by atomic mass is 10.1. The molecule has 4 heteroatoms. The van der Waals surface area contributed by atoms with Crippen LogP contribution in [0.25, 0.3) is 6.08 Å². The van der Waals surface area contributed by atoms with Gasteiger partial charge in [0.25, 0.3) is 0 Å². The summed E-state index contributed by atoms with van der Waals surface area (Å²) in [5.41, 5.74) is 2.16. The lowest BCUT2D eigenvalue weighted by molar-refractivity contribution is -0.137. The Balaban J connectivity index is 2.23. The molecule has 102 valence electrons. The summed E-state index contributed by atoms with van der Waals surface area (Å²) >= 11 is 0. The predicted octanol–water partition coefficient (Wildman–Crippen LogP) is 2.38. The quantitative estimate of drug-likeness (QED) is 0.585. The summed E-state index contributed by atoms with van der Waals surface area (Å²) in [7, 11) is 0. The highest BCUT2D eigenvalue weighted by atomic mass is 16.4. The maximum Gasteiger partial charge on any atom is 0.303 e. The van der Waals surface area contributed by atoms with E-state index in [1.165, 1.54) is 11.6 Å². The van der Waals surface area contributed by atoms with Crippen LogP contribution in [0.4, 0.5) is 0 Å². The number of aryl methyl sites for hydroxylation is 1. The van der Waals surface area contributed by atoms with Gasteiger partial charge in [0, 0.05) is 19.0 Å². The van der Waals surface area contributed by atoms with Gasteiger partial charge in [0.2, 0.25) is 5.91 Å². The summed E-state index contributed by atoms with van der Waals surface area (Å²) in [6.07, 6.45) is 4.65. The van der Waals surface area contributed by atoms with Crippen molar-refractivity contribution in [2.45, 2.75) is 26.2 Å². The van der Waals surface area contributed by atoms with Gasteiger partial charge < -0.3 is 10.4 Å². The molecule has 1 amide bonds. The molecule has 0 saturated carbocycles. The molecule has 0 bridgehead atoms. The van der Waals surface area contributed by atoms with Gasteiger partial charge in [0.15, 0.2) is 0 Å². The smallest absolute Gasteiger partial charge is 0.303 e. The molecule has 0 aliphatic carbocycles. The first kappa shape index (κ1) is 15.0. The van der Waals surface area contributed by atoms with Crippen LogP contribution in [-0.2, 0) is 9.59 Å². The van der Waals surface area contributed by atoms with Gasteiger partial charge in [-0.25, -0.2) is 0 Å². The van der Waals surface area contributed by atoms with Crippen molar-refractivity contribution in [3.63, 3.8) is 0 Å². The summed E-state index contributed by atoms with van der Waals surface area (Å²) in [6, 6.07) is 7.88. The van der Waals surface area contributed by atoms with Crippen molar-refractivity contribution < 1.29 is 14.7 Å². The number of benzene rings is 1. The molecule has 19 heavy (non-hydrogen) atoms. The Morgan fingerprint density at radius 1 is 1.21 bits per heavy atom. The van der Waals surface area contributed by atoms with Gasteiger partial charge in [-0.15, -0.1) is 0 Å². The van der Waals surface area contributed by atoms with E-state index in [1.54, 1.807) is 6.08 Å². The SMILES string of the molecule is Cc1ccc(C=CC(=O)NCCCCC(=O)O)cc1. The number of aliphatic carboxylic acids is 1. The molecule has 0 aromatic heterocycles. The Morgan fingerprint density at radius 3 is 2.53 bits per heavy atom. The molecule has 2 N–H and O–H groups in total. The summed E-state index contributed by atoms with van der Waals surface area (Å²) in [5, 5.41) is 11.2. The van der Waals surface area contributed by atoms with Crippen LogP contribution < -0.4 is 5.32 Å². The van der Waals surface area contributed by atoms with Crippen LogP contribution in [0, 0.1) is 6.92 Å². The summed E-state index contributed by atoms with van der Waals surface area (Å²) in [5.74, 6) is -0.957. The summed E-state index contributed by atoms with van der Waals surface area (Å²) in [6.45, 7) is 2.52. The van der Waals surface area contributed by atoms with Crippen LogP contribution in [0.5, 0.6) is 0 Å². The van der Waals surface area contributed by atoms with Gasteiger partial charge >= 0.3 is 5.97 Å². The molecule has 0 aliphatic rings. The number of unbranched alkanes of at least 4 members (excludes halogenated alkanes) is 1. The third-order valence-corrected chi connectivity index (χ3v) is 2.62. The fraction of sp³-hybridized carbons (Fsp3) is 0.333.